The van der Waals surface area contributed by atoms with E-state index in [1.165, 1.54) is 5.56 Å². The number of halogens is 3. The number of ether oxygens (including phenoxy) is 1. The average Bonchev–Trinajstić information content (AvgIpc) is 3.17. The zero-order chi connectivity index (χ0) is 21.3. The number of hydrogen-bond donors (Lipinski definition) is 2. The van der Waals surface area contributed by atoms with E-state index in [-0.39, 0.29) is 0 Å². The van der Waals surface area contributed by atoms with Gasteiger partial charge in [-0.3, -0.25) is 4.99 Å². The standard InChI is InChI=1S/C20H27F3N4OS/c1-4-24-19(26-12-10-18-27-17(13-29-18)20(21,22)23)25-11-9-14(2)15-5-7-16(28-3)8-6-15/h5-8,13-14H,4,9-12H2,1-3H3,(H2,24,25,26). The molecule has 0 bridgehead atoms. The third-order valence-electron chi connectivity index (χ3n) is 4.33. The molecular weight excluding hydrogens is 401 g/mol. The van der Waals surface area contributed by atoms with Gasteiger partial charge in [-0.1, -0.05) is 19.1 Å². The number of thiazole rings is 1. The van der Waals surface area contributed by atoms with Gasteiger partial charge < -0.3 is 15.4 Å². The van der Waals surface area contributed by atoms with Crippen LogP contribution >= 0.6 is 11.3 Å². The van der Waals surface area contributed by atoms with Crippen LogP contribution < -0.4 is 15.4 Å². The fraction of sp³-hybridized carbons (Fsp3) is 0.500. The maximum atomic E-state index is 12.6. The van der Waals surface area contributed by atoms with Crippen molar-refractivity contribution in [1.29, 1.82) is 0 Å². The Hall–Kier alpha value is -2.29. The van der Waals surface area contributed by atoms with Crippen molar-refractivity contribution in [3.05, 3.63) is 45.9 Å². The molecule has 29 heavy (non-hydrogen) atoms. The summed E-state index contributed by atoms with van der Waals surface area (Å²) in [5.41, 5.74) is 0.397. The Labute approximate surface area is 173 Å². The molecule has 0 radical (unpaired) electrons. The van der Waals surface area contributed by atoms with Gasteiger partial charge in [-0.05, 0) is 37.0 Å². The summed E-state index contributed by atoms with van der Waals surface area (Å²) < 4.78 is 43.0. The van der Waals surface area contributed by atoms with Crippen molar-refractivity contribution in [2.45, 2.75) is 38.8 Å². The minimum absolute atomic E-state index is 0.351. The molecule has 1 unspecified atom stereocenters. The number of aromatic nitrogens is 1. The van der Waals surface area contributed by atoms with Gasteiger partial charge in [-0.15, -0.1) is 11.3 Å². The number of benzene rings is 1. The summed E-state index contributed by atoms with van der Waals surface area (Å²) in [7, 11) is 1.64. The first-order chi connectivity index (χ1) is 13.8. The lowest BCUT2D eigenvalue weighted by Gasteiger charge is -2.13. The van der Waals surface area contributed by atoms with E-state index in [9.17, 15) is 13.2 Å². The van der Waals surface area contributed by atoms with Gasteiger partial charge in [0.05, 0.1) is 12.1 Å². The van der Waals surface area contributed by atoms with E-state index >= 15 is 0 Å². The highest BCUT2D eigenvalue weighted by Gasteiger charge is 2.33. The van der Waals surface area contributed by atoms with Crippen LogP contribution in [0, 0.1) is 0 Å². The molecule has 2 N–H and O–H groups in total. The van der Waals surface area contributed by atoms with Crippen LogP contribution in [0.15, 0.2) is 34.6 Å². The number of rotatable bonds is 9. The van der Waals surface area contributed by atoms with Crippen LogP contribution in [0.4, 0.5) is 13.2 Å². The number of alkyl halides is 3. The van der Waals surface area contributed by atoms with Gasteiger partial charge in [-0.2, -0.15) is 13.2 Å². The van der Waals surface area contributed by atoms with Crippen molar-refractivity contribution >= 4 is 17.3 Å². The highest BCUT2D eigenvalue weighted by atomic mass is 32.1. The Balaban J connectivity index is 1.81. The summed E-state index contributed by atoms with van der Waals surface area (Å²) in [5, 5.41) is 7.81. The van der Waals surface area contributed by atoms with Crippen LogP contribution in [0.2, 0.25) is 0 Å². The Morgan fingerprint density at radius 1 is 1.24 bits per heavy atom. The number of guanidine groups is 1. The summed E-state index contributed by atoms with van der Waals surface area (Å²) in [6.07, 6.45) is -3.10. The van der Waals surface area contributed by atoms with Crippen LogP contribution in [0.3, 0.4) is 0 Å². The van der Waals surface area contributed by atoms with Crippen molar-refractivity contribution < 1.29 is 17.9 Å². The van der Waals surface area contributed by atoms with Crippen LogP contribution in [0.1, 0.15) is 42.5 Å². The summed E-state index contributed by atoms with van der Waals surface area (Å²) in [5.74, 6) is 1.84. The van der Waals surface area contributed by atoms with Gasteiger partial charge in [0.25, 0.3) is 0 Å². The molecule has 0 fully saturated rings. The smallest absolute Gasteiger partial charge is 0.434 e. The van der Waals surface area contributed by atoms with Crippen LogP contribution in [0.25, 0.3) is 0 Å². The molecule has 0 saturated carbocycles. The number of aliphatic imine (C=N–C) groups is 1. The second kappa shape index (κ2) is 11.0. The molecule has 1 aromatic carbocycles. The molecule has 9 heteroatoms. The first-order valence-electron chi connectivity index (χ1n) is 9.51. The van der Waals surface area contributed by atoms with E-state index in [4.69, 9.17) is 4.74 Å². The minimum atomic E-state index is -4.39. The lowest BCUT2D eigenvalue weighted by molar-refractivity contribution is -0.140. The highest BCUT2D eigenvalue weighted by Crippen LogP contribution is 2.30. The number of nitrogens with zero attached hydrogens (tertiary/aromatic N) is 2. The normalized spacial score (nSPS) is 13.2. The Bertz CT molecular complexity index is 775. The maximum Gasteiger partial charge on any atom is 0.434 e. The number of methoxy groups -OCH3 is 1. The minimum Gasteiger partial charge on any atom is -0.497 e. The summed E-state index contributed by atoms with van der Waals surface area (Å²) in [6.45, 7) is 5.92. The molecule has 1 heterocycles. The third kappa shape index (κ3) is 7.56. The molecule has 0 amide bonds. The maximum absolute atomic E-state index is 12.6. The first kappa shape index (κ1) is 23.0. The van der Waals surface area contributed by atoms with Gasteiger partial charge >= 0.3 is 6.18 Å². The average molecular weight is 429 g/mol. The summed E-state index contributed by atoms with van der Waals surface area (Å²) >= 11 is 1.02. The van der Waals surface area contributed by atoms with E-state index < -0.39 is 11.9 Å². The van der Waals surface area contributed by atoms with E-state index in [2.05, 4.69) is 39.7 Å². The van der Waals surface area contributed by atoms with E-state index in [0.29, 0.717) is 42.9 Å². The fourth-order valence-electron chi connectivity index (χ4n) is 2.65. The van der Waals surface area contributed by atoms with Crippen molar-refractivity contribution in [2.75, 3.05) is 26.7 Å². The van der Waals surface area contributed by atoms with Crippen molar-refractivity contribution in [1.82, 2.24) is 15.6 Å². The largest absolute Gasteiger partial charge is 0.497 e. The molecule has 2 rings (SSSR count). The van der Waals surface area contributed by atoms with Gasteiger partial charge in [0.2, 0.25) is 0 Å². The second-order valence-electron chi connectivity index (χ2n) is 6.52. The molecule has 0 aliphatic heterocycles. The van der Waals surface area contributed by atoms with Gasteiger partial charge in [0.15, 0.2) is 11.7 Å². The number of nitrogens with one attached hydrogen (secondary N) is 2. The van der Waals surface area contributed by atoms with Gasteiger partial charge in [-0.25, -0.2) is 4.98 Å². The highest BCUT2D eigenvalue weighted by molar-refractivity contribution is 7.09. The van der Waals surface area contributed by atoms with Crippen LogP contribution in [-0.4, -0.2) is 37.7 Å². The van der Waals surface area contributed by atoms with Crippen molar-refractivity contribution in [2.24, 2.45) is 4.99 Å². The van der Waals surface area contributed by atoms with Crippen LogP contribution in [-0.2, 0) is 12.6 Å². The first-order valence-corrected chi connectivity index (χ1v) is 10.4. The molecular formula is C20H27F3N4OS. The zero-order valence-corrected chi connectivity index (χ0v) is 17.7. The molecule has 0 aliphatic rings. The molecule has 0 spiro atoms. The van der Waals surface area contributed by atoms with E-state index in [1.54, 1.807) is 7.11 Å². The molecule has 1 atom stereocenters. The Morgan fingerprint density at radius 3 is 2.55 bits per heavy atom. The quantitative estimate of drug-likeness (QED) is 0.457. The monoisotopic (exact) mass is 428 g/mol. The molecule has 5 nitrogen and oxygen atoms in total. The van der Waals surface area contributed by atoms with Crippen molar-refractivity contribution in [3.8, 4) is 5.75 Å². The Morgan fingerprint density at radius 2 is 1.97 bits per heavy atom. The summed E-state index contributed by atoms with van der Waals surface area (Å²) in [4.78, 5) is 8.20. The SMILES string of the molecule is CCNC(=NCCC(C)c1ccc(OC)cc1)NCCc1nc(C(F)(F)F)cs1. The molecule has 0 aliphatic carbocycles. The predicted molar refractivity (Wildman–Crippen MR) is 111 cm³/mol. The lowest BCUT2D eigenvalue weighted by atomic mass is 9.98. The topological polar surface area (TPSA) is 58.5 Å². The van der Waals surface area contributed by atoms with E-state index in [0.717, 1.165) is 28.9 Å². The summed E-state index contributed by atoms with van der Waals surface area (Å²) in [6, 6.07) is 8.01. The molecule has 1 aromatic heterocycles. The third-order valence-corrected chi connectivity index (χ3v) is 5.24. The second-order valence-corrected chi connectivity index (χ2v) is 7.47. The van der Waals surface area contributed by atoms with Crippen molar-refractivity contribution in [3.63, 3.8) is 0 Å². The van der Waals surface area contributed by atoms with E-state index in [1.807, 2.05) is 19.1 Å². The zero-order valence-electron chi connectivity index (χ0n) is 16.8. The van der Waals surface area contributed by atoms with Gasteiger partial charge in [0.1, 0.15) is 5.75 Å². The molecule has 0 saturated heterocycles. The van der Waals surface area contributed by atoms with Crippen LogP contribution in [0.5, 0.6) is 5.75 Å². The van der Waals surface area contributed by atoms with Gasteiger partial charge in [0, 0.05) is 31.4 Å². The molecule has 2 aromatic rings. The lowest BCUT2D eigenvalue weighted by Crippen LogP contribution is -2.38. The fourth-order valence-corrected chi connectivity index (χ4v) is 3.46. The Kier molecular flexibility index (Phi) is 8.75. The predicted octanol–water partition coefficient (Wildman–Crippen LogP) is 4.46. The number of hydrogen-bond acceptors (Lipinski definition) is 4. The molecule has 160 valence electrons.